The number of methoxy groups -OCH3 is 2. The molecule has 4 aromatic rings. The van der Waals surface area contributed by atoms with E-state index >= 15 is 0 Å². The Hall–Kier alpha value is -4.40. The van der Waals surface area contributed by atoms with Crippen LogP contribution in [-0.2, 0) is 13.1 Å². The second-order valence-corrected chi connectivity index (χ2v) is 7.05. The molecule has 9 heteroatoms. The lowest BCUT2D eigenvalue weighted by Crippen LogP contribution is -2.18. The van der Waals surface area contributed by atoms with Crippen molar-refractivity contribution in [1.82, 2.24) is 19.7 Å². The second kappa shape index (κ2) is 10.3. The second-order valence-electron chi connectivity index (χ2n) is 7.05. The SMILES string of the molecule is COc1ccccc1CNc1nc(NCc2ccccc2OC)n(C(=O)c2cccnc2)n1. The third kappa shape index (κ3) is 5.09. The van der Waals surface area contributed by atoms with Gasteiger partial charge in [0.25, 0.3) is 5.91 Å². The van der Waals surface area contributed by atoms with Crippen molar-refractivity contribution in [2.45, 2.75) is 13.1 Å². The number of nitrogens with zero attached hydrogens (tertiary/aromatic N) is 4. The maximum absolute atomic E-state index is 13.1. The smallest absolute Gasteiger partial charge is 0.283 e. The van der Waals surface area contributed by atoms with E-state index in [0.717, 1.165) is 22.6 Å². The number of ether oxygens (including phenoxy) is 2. The van der Waals surface area contributed by atoms with Crippen molar-refractivity contribution in [3.05, 3.63) is 89.7 Å². The van der Waals surface area contributed by atoms with Gasteiger partial charge in [0.1, 0.15) is 11.5 Å². The molecule has 0 fully saturated rings. The molecule has 2 N–H and O–H groups in total. The molecule has 0 saturated carbocycles. The van der Waals surface area contributed by atoms with Crippen LogP contribution in [0.2, 0.25) is 0 Å². The zero-order valence-electron chi connectivity index (χ0n) is 18.4. The minimum absolute atomic E-state index is 0.303. The van der Waals surface area contributed by atoms with E-state index in [4.69, 9.17) is 9.47 Å². The van der Waals surface area contributed by atoms with Crippen LogP contribution in [0.25, 0.3) is 0 Å². The number of hydrogen-bond donors (Lipinski definition) is 2. The fourth-order valence-corrected chi connectivity index (χ4v) is 3.30. The van der Waals surface area contributed by atoms with Gasteiger partial charge in [0, 0.05) is 36.6 Å². The van der Waals surface area contributed by atoms with E-state index in [2.05, 4.69) is 25.7 Å². The Bertz CT molecular complexity index is 1230. The maximum atomic E-state index is 13.1. The van der Waals surface area contributed by atoms with E-state index in [1.165, 1.54) is 10.9 Å². The molecule has 0 spiro atoms. The van der Waals surface area contributed by atoms with Gasteiger partial charge in [0.2, 0.25) is 11.9 Å². The zero-order valence-corrected chi connectivity index (χ0v) is 18.4. The number of para-hydroxylation sites is 2. The van der Waals surface area contributed by atoms with E-state index in [0.29, 0.717) is 30.5 Å². The summed E-state index contributed by atoms with van der Waals surface area (Å²) in [5.41, 5.74) is 2.27. The van der Waals surface area contributed by atoms with Gasteiger partial charge in [-0.3, -0.25) is 9.78 Å². The first-order valence-corrected chi connectivity index (χ1v) is 10.3. The van der Waals surface area contributed by atoms with E-state index < -0.39 is 0 Å². The predicted octanol–water partition coefficient (Wildman–Crippen LogP) is 3.60. The average Bonchev–Trinajstić information content (AvgIpc) is 3.29. The third-order valence-electron chi connectivity index (χ3n) is 4.97. The van der Waals surface area contributed by atoms with Crippen molar-refractivity contribution in [1.29, 1.82) is 0 Å². The Balaban J connectivity index is 1.59. The lowest BCUT2D eigenvalue weighted by molar-refractivity contribution is 0.0947. The summed E-state index contributed by atoms with van der Waals surface area (Å²) in [7, 11) is 3.24. The Morgan fingerprint density at radius 2 is 1.52 bits per heavy atom. The van der Waals surface area contributed by atoms with Gasteiger partial charge in [0.15, 0.2) is 0 Å². The van der Waals surface area contributed by atoms with Crippen LogP contribution in [0.4, 0.5) is 11.9 Å². The standard InChI is InChI=1S/C24H24N6O3/c1-32-20-11-5-3-8-17(20)15-26-23-28-24(27-16-18-9-4-6-12-21(18)33-2)30(29-23)22(31)19-10-7-13-25-14-19/h3-14H,15-16H2,1-2H3,(H2,26,27,28,29). The Kier molecular flexibility index (Phi) is 6.79. The van der Waals surface area contributed by atoms with Gasteiger partial charge in [-0.05, 0) is 24.3 Å². The van der Waals surface area contributed by atoms with Crippen molar-refractivity contribution < 1.29 is 14.3 Å². The molecule has 2 aromatic heterocycles. The van der Waals surface area contributed by atoms with Gasteiger partial charge < -0.3 is 20.1 Å². The van der Waals surface area contributed by atoms with Crippen LogP contribution in [0.3, 0.4) is 0 Å². The van der Waals surface area contributed by atoms with Crippen molar-refractivity contribution >= 4 is 17.8 Å². The fourth-order valence-electron chi connectivity index (χ4n) is 3.30. The lowest BCUT2D eigenvalue weighted by Gasteiger charge is -2.10. The Morgan fingerprint density at radius 3 is 2.12 bits per heavy atom. The number of carbonyl (C=O) groups is 1. The molecule has 33 heavy (non-hydrogen) atoms. The zero-order chi connectivity index (χ0) is 23.0. The van der Waals surface area contributed by atoms with Crippen LogP contribution in [0, 0.1) is 0 Å². The molecule has 4 rings (SSSR count). The number of rotatable bonds is 9. The van der Waals surface area contributed by atoms with Gasteiger partial charge in [0.05, 0.1) is 19.8 Å². The highest BCUT2D eigenvalue weighted by molar-refractivity contribution is 5.96. The van der Waals surface area contributed by atoms with E-state index in [1.54, 1.807) is 32.5 Å². The number of carbonyl (C=O) groups excluding carboxylic acids is 1. The summed E-state index contributed by atoms with van der Waals surface area (Å²) in [6, 6.07) is 18.7. The Morgan fingerprint density at radius 1 is 0.879 bits per heavy atom. The normalized spacial score (nSPS) is 10.5. The minimum Gasteiger partial charge on any atom is -0.496 e. The van der Waals surface area contributed by atoms with Crippen LogP contribution in [0.15, 0.2) is 73.1 Å². The van der Waals surface area contributed by atoms with Crippen LogP contribution in [0.1, 0.15) is 21.5 Å². The quantitative estimate of drug-likeness (QED) is 0.404. The molecule has 0 saturated heterocycles. The van der Waals surface area contributed by atoms with Gasteiger partial charge in [-0.1, -0.05) is 36.4 Å². The number of hydrogen-bond acceptors (Lipinski definition) is 8. The molecule has 2 aromatic carbocycles. The first kappa shape index (κ1) is 21.8. The number of benzene rings is 2. The number of anilines is 2. The first-order chi connectivity index (χ1) is 16.2. The van der Waals surface area contributed by atoms with Crippen molar-refractivity contribution in [3.8, 4) is 11.5 Å². The largest absolute Gasteiger partial charge is 0.496 e. The maximum Gasteiger partial charge on any atom is 0.283 e. The van der Waals surface area contributed by atoms with Gasteiger partial charge in [-0.15, -0.1) is 5.10 Å². The molecule has 168 valence electrons. The summed E-state index contributed by atoms with van der Waals surface area (Å²) in [6.07, 6.45) is 3.11. The molecule has 0 unspecified atom stereocenters. The van der Waals surface area contributed by atoms with E-state index in [9.17, 15) is 4.79 Å². The summed E-state index contributed by atoms with van der Waals surface area (Å²) in [6.45, 7) is 0.829. The van der Waals surface area contributed by atoms with Crippen molar-refractivity contribution in [3.63, 3.8) is 0 Å². The summed E-state index contributed by atoms with van der Waals surface area (Å²) in [5.74, 6) is 1.76. The summed E-state index contributed by atoms with van der Waals surface area (Å²) < 4.78 is 12.0. The highest BCUT2D eigenvalue weighted by Gasteiger charge is 2.18. The van der Waals surface area contributed by atoms with Crippen molar-refractivity contribution in [2.24, 2.45) is 0 Å². The lowest BCUT2D eigenvalue weighted by atomic mass is 10.2. The third-order valence-corrected chi connectivity index (χ3v) is 4.97. The first-order valence-electron chi connectivity index (χ1n) is 10.3. The monoisotopic (exact) mass is 444 g/mol. The van der Waals surface area contributed by atoms with Gasteiger partial charge >= 0.3 is 0 Å². The van der Waals surface area contributed by atoms with Crippen LogP contribution in [-0.4, -0.2) is 39.9 Å². The molecule has 0 atom stereocenters. The number of nitrogens with one attached hydrogen (secondary N) is 2. The number of aromatic nitrogens is 4. The van der Waals surface area contributed by atoms with E-state index in [-0.39, 0.29) is 5.91 Å². The summed E-state index contributed by atoms with van der Waals surface area (Å²) >= 11 is 0. The molecular weight excluding hydrogens is 420 g/mol. The molecule has 0 aliphatic heterocycles. The highest BCUT2D eigenvalue weighted by Crippen LogP contribution is 2.21. The van der Waals surface area contributed by atoms with Crippen molar-refractivity contribution in [2.75, 3.05) is 24.9 Å². The molecule has 0 aliphatic rings. The predicted molar refractivity (Wildman–Crippen MR) is 125 cm³/mol. The topological polar surface area (TPSA) is 103 Å². The molecule has 0 amide bonds. The van der Waals surface area contributed by atoms with E-state index in [1.807, 2.05) is 48.5 Å². The molecular formula is C24H24N6O3. The molecule has 0 aliphatic carbocycles. The molecule has 2 heterocycles. The minimum atomic E-state index is -0.344. The summed E-state index contributed by atoms with van der Waals surface area (Å²) in [4.78, 5) is 21.6. The number of pyridine rings is 1. The summed E-state index contributed by atoms with van der Waals surface area (Å²) in [5, 5.41) is 10.8. The molecule has 9 nitrogen and oxygen atoms in total. The average molecular weight is 444 g/mol. The van der Waals surface area contributed by atoms with Gasteiger partial charge in [-0.25, -0.2) is 0 Å². The van der Waals surface area contributed by atoms with Crippen LogP contribution < -0.4 is 20.1 Å². The van der Waals surface area contributed by atoms with Crippen LogP contribution >= 0.6 is 0 Å². The van der Waals surface area contributed by atoms with Crippen LogP contribution in [0.5, 0.6) is 11.5 Å². The molecule has 0 bridgehead atoms. The highest BCUT2D eigenvalue weighted by atomic mass is 16.5. The Labute approximate surface area is 191 Å². The fraction of sp³-hybridized carbons (Fsp3) is 0.167. The molecule has 0 radical (unpaired) electrons. The van der Waals surface area contributed by atoms with Gasteiger partial charge in [-0.2, -0.15) is 9.67 Å².